The van der Waals surface area contributed by atoms with Gasteiger partial charge in [-0.2, -0.15) is 0 Å². The molecule has 0 unspecified atom stereocenters. The molecule has 0 spiro atoms. The number of ether oxygens (including phenoxy) is 1. The SMILES string of the molecule is COc1nc(-c2ccccc2Cl)cc(I)c1I. The summed E-state index contributed by atoms with van der Waals surface area (Å²) in [5.41, 5.74) is 1.75. The molecule has 88 valence electrons. The summed E-state index contributed by atoms with van der Waals surface area (Å²) in [6.45, 7) is 0. The van der Waals surface area contributed by atoms with E-state index in [1.54, 1.807) is 7.11 Å². The molecule has 0 aliphatic carbocycles. The summed E-state index contributed by atoms with van der Waals surface area (Å²) < 4.78 is 7.38. The van der Waals surface area contributed by atoms with Crippen molar-refractivity contribution in [2.24, 2.45) is 0 Å². The largest absolute Gasteiger partial charge is 0.480 e. The Hall–Kier alpha value is -0.0800. The maximum atomic E-state index is 6.16. The highest BCUT2D eigenvalue weighted by Crippen LogP contribution is 2.32. The lowest BCUT2D eigenvalue weighted by Crippen LogP contribution is -1.96. The standard InChI is InChI=1S/C12H8ClI2NO/c1-17-12-11(15)9(14)6-10(16-12)7-4-2-3-5-8(7)13/h2-6H,1H3. The predicted octanol–water partition coefficient (Wildman–Crippen LogP) is 4.62. The van der Waals surface area contributed by atoms with Gasteiger partial charge in [0.05, 0.1) is 16.4 Å². The highest BCUT2D eigenvalue weighted by molar-refractivity contribution is 14.1. The van der Waals surface area contributed by atoms with Gasteiger partial charge in [-0.1, -0.05) is 29.8 Å². The van der Waals surface area contributed by atoms with E-state index in [0.717, 1.165) is 18.4 Å². The minimum Gasteiger partial charge on any atom is -0.480 e. The molecule has 0 N–H and O–H groups in total. The maximum Gasteiger partial charge on any atom is 0.228 e. The van der Waals surface area contributed by atoms with Crippen molar-refractivity contribution in [3.63, 3.8) is 0 Å². The summed E-state index contributed by atoms with van der Waals surface area (Å²) in [7, 11) is 1.62. The molecule has 0 saturated heterocycles. The molecule has 0 bridgehead atoms. The number of halogens is 3. The van der Waals surface area contributed by atoms with E-state index in [4.69, 9.17) is 16.3 Å². The third kappa shape index (κ3) is 2.85. The molecular formula is C12H8ClI2NO. The Balaban J connectivity index is 2.61. The normalized spacial score (nSPS) is 10.4. The molecule has 0 radical (unpaired) electrons. The Kier molecular flexibility index (Phi) is 4.48. The number of pyridine rings is 1. The molecule has 0 fully saturated rings. The third-order valence-electron chi connectivity index (χ3n) is 2.23. The van der Waals surface area contributed by atoms with Crippen molar-refractivity contribution in [1.82, 2.24) is 4.98 Å². The highest BCUT2D eigenvalue weighted by Gasteiger charge is 2.11. The number of methoxy groups -OCH3 is 1. The average molecular weight is 471 g/mol. The zero-order valence-electron chi connectivity index (χ0n) is 8.88. The first-order chi connectivity index (χ1) is 8.13. The van der Waals surface area contributed by atoms with Gasteiger partial charge in [-0.05, 0) is 57.3 Å². The number of hydrogen-bond donors (Lipinski definition) is 0. The van der Waals surface area contributed by atoms with Crippen LogP contribution in [0.5, 0.6) is 5.88 Å². The van der Waals surface area contributed by atoms with Gasteiger partial charge in [-0.25, -0.2) is 4.98 Å². The van der Waals surface area contributed by atoms with E-state index in [9.17, 15) is 0 Å². The fourth-order valence-electron chi connectivity index (χ4n) is 1.42. The van der Waals surface area contributed by atoms with Crippen LogP contribution in [0.4, 0.5) is 0 Å². The lowest BCUT2D eigenvalue weighted by Gasteiger charge is -2.09. The molecule has 0 aliphatic heterocycles. The smallest absolute Gasteiger partial charge is 0.228 e. The second kappa shape index (κ2) is 5.71. The molecular weight excluding hydrogens is 463 g/mol. The van der Waals surface area contributed by atoms with Crippen molar-refractivity contribution in [1.29, 1.82) is 0 Å². The topological polar surface area (TPSA) is 22.1 Å². The molecule has 2 rings (SSSR count). The van der Waals surface area contributed by atoms with Crippen LogP contribution in [0.1, 0.15) is 0 Å². The molecule has 2 aromatic rings. The van der Waals surface area contributed by atoms with Gasteiger partial charge >= 0.3 is 0 Å². The van der Waals surface area contributed by atoms with E-state index >= 15 is 0 Å². The van der Waals surface area contributed by atoms with E-state index in [2.05, 4.69) is 50.2 Å². The van der Waals surface area contributed by atoms with Crippen LogP contribution >= 0.6 is 56.8 Å². The highest BCUT2D eigenvalue weighted by atomic mass is 127. The Morgan fingerprint density at radius 2 is 1.94 bits per heavy atom. The van der Waals surface area contributed by atoms with Crippen molar-refractivity contribution < 1.29 is 4.74 Å². The molecule has 5 heteroatoms. The minimum atomic E-state index is 0.632. The summed E-state index contributed by atoms with van der Waals surface area (Å²) in [4.78, 5) is 4.46. The van der Waals surface area contributed by atoms with Gasteiger partial charge in [0.2, 0.25) is 5.88 Å². The van der Waals surface area contributed by atoms with Gasteiger partial charge in [-0.3, -0.25) is 0 Å². The van der Waals surface area contributed by atoms with Gasteiger partial charge < -0.3 is 4.74 Å². The quantitative estimate of drug-likeness (QED) is 0.597. The first kappa shape index (κ1) is 13.4. The van der Waals surface area contributed by atoms with Crippen molar-refractivity contribution in [2.45, 2.75) is 0 Å². The lowest BCUT2D eigenvalue weighted by atomic mass is 10.1. The second-order valence-corrected chi connectivity index (χ2v) is 5.94. The van der Waals surface area contributed by atoms with Gasteiger partial charge in [0.15, 0.2) is 0 Å². The fourth-order valence-corrected chi connectivity index (χ4v) is 2.67. The zero-order valence-corrected chi connectivity index (χ0v) is 13.9. The second-order valence-electron chi connectivity index (χ2n) is 3.29. The van der Waals surface area contributed by atoms with Crippen LogP contribution in [0, 0.1) is 7.14 Å². The molecule has 0 atom stereocenters. The van der Waals surface area contributed by atoms with E-state index in [1.807, 2.05) is 30.3 Å². The number of rotatable bonds is 2. The van der Waals surface area contributed by atoms with Crippen LogP contribution in [-0.2, 0) is 0 Å². The zero-order chi connectivity index (χ0) is 12.4. The Morgan fingerprint density at radius 1 is 1.24 bits per heavy atom. The molecule has 1 aromatic carbocycles. The molecule has 0 aliphatic rings. The fraction of sp³-hybridized carbons (Fsp3) is 0.0833. The monoisotopic (exact) mass is 471 g/mol. The number of benzene rings is 1. The van der Waals surface area contributed by atoms with Crippen LogP contribution in [0.25, 0.3) is 11.3 Å². The Labute approximate surface area is 132 Å². The van der Waals surface area contributed by atoms with E-state index in [-0.39, 0.29) is 0 Å². The molecule has 17 heavy (non-hydrogen) atoms. The van der Waals surface area contributed by atoms with Crippen molar-refractivity contribution in [3.8, 4) is 17.1 Å². The average Bonchev–Trinajstić information content (AvgIpc) is 2.33. The number of aromatic nitrogens is 1. The molecule has 0 saturated carbocycles. The van der Waals surface area contributed by atoms with Crippen LogP contribution in [0.3, 0.4) is 0 Å². The molecule has 1 heterocycles. The number of hydrogen-bond acceptors (Lipinski definition) is 2. The summed E-state index contributed by atoms with van der Waals surface area (Å²) in [5.74, 6) is 0.632. The first-order valence-corrected chi connectivity index (χ1v) is 7.32. The summed E-state index contributed by atoms with van der Waals surface area (Å²) in [5, 5.41) is 0.694. The van der Waals surface area contributed by atoms with E-state index in [0.29, 0.717) is 10.9 Å². The van der Waals surface area contributed by atoms with Gasteiger partial charge in [-0.15, -0.1) is 0 Å². The van der Waals surface area contributed by atoms with Crippen LogP contribution < -0.4 is 4.74 Å². The third-order valence-corrected chi connectivity index (χ3v) is 5.48. The summed E-state index contributed by atoms with van der Waals surface area (Å²) in [6.07, 6.45) is 0. The maximum absolute atomic E-state index is 6.16. The van der Waals surface area contributed by atoms with E-state index in [1.165, 1.54) is 0 Å². The summed E-state index contributed by atoms with van der Waals surface area (Å²) >= 11 is 10.6. The van der Waals surface area contributed by atoms with Crippen LogP contribution in [0.15, 0.2) is 30.3 Å². The van der Waals surface area contributed by atoms with Crippen LogP contribution in [0.2, 0.25) is 5.02 Å². The number of nitrogens with zero attached hydrogens (tertiary/aromatic N) is 1. The van der Waals surface area contributed by atoms with Crippen molar-refractivity contribution in [2.75, 3.05) is 7.11 Å². The minimum absolute atomic E-state index is 0.632. The van der Waals surface area contributed by atoms with Crippen LogP contribution in [-0.4, -0.2) is 12.1 Å². The first-order valence-electron chi connectivity index (χ1n) is 4.78. The predicted molar refractivity (Wildman–Crippen MR) is 86.7 cm³/mol. The van der Waals surface area contributed by atoms with Crippen molar-refractivity contribution in [3.05, 3.63) is 42.5 Å². The summed E-state index contributed by atoms with van der Waals surface area (Å²) in [6, 6.07) is 9.66. The van der Waals surface area contributed by atoms with Gasteiger partial charge in [0.1, 0.15) is 0 Å². The van der Waals surface area contributed by atoms with Crippen molar-refractivity contribution >= 4 is 56.8 Å². The van der Waals surface area contributed by atoms with E-state index < -0.39 is 0 Å². The Bertz CT molecular complexity index is 560. The molecule has 1 aromatic heterocycles. The van der Waals surface area contributed by atoms with Gasteiger partial charge in [0, 0.05) is 14.2 Å². The van der Waals surface area contributed by atoms with Gasteiger partial charge in [0.25, 0.3) is 0 Å². The molecule has 2 nitrogen and oxygen atoms in total. The molecule has 0 amide bonds. The lowest BCUT2D eigenvalue weighted by molar-refractivity contribution is 0.395. The Morgan fingerprint density at radius 3 is 2.59 bits per heavy atom.